The summed E-state index contributed by atoms with van der Waals surface area (Å²) in [6.45, 7) is 6.98. The van der Waals surface area contributed by atoms with Crippen LogP contribution in [0.15, 0.2) is 48.5 Å². The minimum Gasteiger partial charge on any atom is -0.748 e. The number of benzene rings is 2. The number of carbonyl (C=O) groups is 4. The Bertz CT molecular complexity index is 1850. The van der Waals surface area contributed by atoms with Crippen LogP contribution in [0.5, 0.6) is 0 Å². The molecule has 0 amide bonds. The molecule has 14 nitrogen and oxygen atoms in total. The van der Waals surface area contributed by atoms with Gasteiger partial charge in [-0.2, -0.15) is 0 Å². The van der Waals surface area contributed by atoms with Crippen molar-refractivity contribution in [3.8, 4) is 0 Å². The Morgan fingerprint density at radius 3 is 0.781 bits per heavy atom. The molecule has 0 saturated carbocycles. The molecule has 2 atom stereocenters. The molecule has 0 saturated heterocycles. The molecule has 0 aliphatic heterocycles. The van der Waals surface area contributed by atoms with Crippen LogP contribution in [0.2, 0.25) is 0 Å². The van der Waals surface area contributed by atoms with E-state index in [0.717, 1.165) is 38.5 Å². The van der Waals surface area contributed by atoms with Gasteiger partial charge in [-0.25, -0.2) is 36.0 Å². The SMILES string of the molecule is CCCCCCCCCCCCCCCCOC(=O)c1ccccc1C(=O)OCC(CC)S(=O)(=O)[O-].CCCCCCCCCCCCCCCCOC(=O)c1ccccc1C(=O)OCC(CC)S(=O)(=O)[O-].[Ca+2]. The number of rotatable bonds is 42. The Labute approximate surface area is 470 Å². The van der Waals surface area contributed by atoms with Crippen LogP contribution < -0.4 is 0 Å². The van der Waals surface area contributed by atoms with Crippen molar-refractivity contribution >= 4 is 81.9 Å². The summed E-state index contributed by atoms with van der Waals surface area (Å²) in [7, 11) is -9.14. The van der Waals surface area contributed by atoms with Crippen LogP contribution in [-0.4, -0.2) is 124 Å². The maximum Gasteiger partial charge on any atom is 2.00 e. The maximum atomic E-state index is 12.5. The molecule has 17 heteroatoms. The zero-order valence-corrected chi connectivity index (χ0v) is 48.9. The summed E-state index contributed by atoms with van der Waals surface area (Å²) in [6, 6.07) is 12.1. The van der Waals surface area contributed by atoms with E-state index in [9.17, 15) is 45.1 Å². The van der Waals surface area contributed by atoms with Crippen LogP contribution in [0, 0.1) is 0 Å². The Morgan fingerprint density at radius 1 is 0.370 bits per heavy atom. The molecule has 2 aromatic carbocycles. The first kappa shape index (κ1) is 70.4. The molecule has 2 rings (SSSR count). The number of hydrogen-bond acceptors (Lipinski definition) is 14. The van der Waals surface area contributed by atoms with Crippen LogP contribution in [0.25, 0.3) is 0 Å². The van der Waals surface area contributed by atoms with Crippen molar-refractivity contribution in [1.29, 1.82) is 0 Å². The molecule has 2 unspecified atom stereocenters. The van der Waals surface area contributed by atoms with Crippen molar-refractivity contribution in [3.05, 3.63) is 70.8 Å². The van der Waals surface area contributed by atoms with E-state index in [1.165, 1.54) is 179 Å². The largest absolute Gasteiger partial charge is 2.00 e. The van der Waals surface area contributed by atoms with Gasteiger partial charge in [0.2, 0.25) is 0 Å². The molecule has 0 spiro atoms. The normalized spacial score (nSPS) is 12.1. The van der Waals surface area contributed by atoms with Crippen LogP contribution in [-0.2, 0) is 39.2 Å². The van der Waals surface area contributed by atoms with Crippen molar-refractivity contribution in [1.82, 2.24) is 0 Å². The summed E-state index contributed by atoms with van der Waals surface area (Å²) in [5.74, 6) is -2.97. The van der Waals surface area contributed by atoms with Crippen molar-refractivity contribution in [3.63, 3.8) is 0 Å². The molecular formula is C56H90CaO14S2. The molecule has 0 N–H and O–H groups in total. The van der Waals surface area contributed by atoms with Gasteiger partial charge in [0.15, 0.2) is 0 Å². The summed E-state index contributed by atoms with van der Waals surface area (Å²) >= 11 is 0. The van der Waals surface area contributed by atoms with Gasteiger partial charge in [0, 0.05) is 0 Å². The van der Waals surface area contributed by atoms with E-state index in [0.29, 0.717) is 0 Å². The van der Waals surface area contributed by atoms with E-state index in [4.69, 9.17) is 18.9 Å². The zero-order chi connectivity index (χ0) is 53.3. The first-order valence-electron chi connectivity index (χ1n) is 27.4. The van der Waals surface area contributed by atoms with E-state index >= 15 is 0 Å². The van der Waals surface area contributed by atoms with Gasteiger partial charge in [-0.3, -0.25) is 0 Å². The van der Waals surface area contributed by atoms with Crippen molar-refractivity contribution < 1.29 is 64.1 Å². The average Bonchev–Trinajstić information content (AvgIpc) is 3.35. The number of esters is 4. The molecular weight excluding hydrogens is 1000 g/mol. The second kappa shape index (κ2) is 44.5. The predicted molar refractivity (Wildman–Crippen MR) is 288 cm³/mol. The van der Waals surface area contributed by atoms with Crippen LogP contribution in [0.1, 0.15) is 262 Å². The summed E-state index contributed by atoms with van der Waals surface area (Å²) in [5, 5.41) is -2.64. The Kier molecular flexibility index (Phi) is 42.9. The number of hydrogen-bond donors (Lipinski definition) is 0. The molecule has 0 aliphatic rings. The maximum absolute atomic E-state index is 12.5. The molecule has 0 heterocycles. The minimum absolute atomic E-state index is 0. The molecule has 0 fully saturated rings. The monoisotopic (exact) mass is 1090 g/mol. The van der Waals surface area contributed by atoms with E-state index < -0.39 is 67.8 Å². The van der Waals surface area contributed by atoms with Gasteiger partial charge >= 0.3 is 61.6 Å². The summed E-state index contributed by atoms with van der Waals surface area (Å²) in [4.78, 5) is 49.8. The molecule has 73 heavy (non-hydrogen) atoms. The second-order valence-electron chi connectivity index (χ2n) is 18.8. The molecule has 0 aliphatic carbocycles. The van der Waals surface area contributed by atoms with Crippen LogP contribution >= 0.6 is 0 Å². The van der Waals surface area contributed by atoms with E-state index in [-0.39, 0.29) is 86.0 Å². The Balaban J connectivity index is 0.00000140. The molecule has 412 valence electrons. The van der Waals surface area contributed by atoms with E-state index in [1.54, 1.807) is 24.3 Å². The summed E-state index contributed by atoms with van der Waals surface area (Å²) < 4.78 is 87.8. The van der Waals surface area contributed by atoms with Gasteiger partial charge in [-0.15, -0.1) is 0 Å². The third-order valence-electron chi connectivity index (χ3n) is 12.7. The van der Waals surface area contributed by atoms with Gasteiger partial charge in [-0.1, -0.05) is 219 Å². The van der Waals surface area contributed by atoms with E-state index in [2.05, 4.69) is 13.8 Å². The smallest absolute Gasteiger partial charge is 0.748 e. The Hall–Kier alpha value is -2.60. The fraction of sp³-hybridized carbons (Fsp3) is 0.714. The summed E-state index contributed by atoms with van der Waals surface area (Å²) in [5.41, 5.74) is 0.0972. The first-order valence-corrected chi connectivity index (χ1v) is 30.3. The Morgan fingerprint density at radius 2 is 0.575 bits per heavy atom. The van der Waals surface area contributed by atoms with E-state index in [1.807, 2.05) is 0 Å². The van der Waals surface area contributed by atoms with Gasteiger partial charge in [0.1, 0.15) is 33.5 Å². The molecule has 0 bridgehead atoms. The average molecular weight is 1090 g/mol. The number of carbonyl (C=O) groups excluding carboxylic acids is 4. The van der Waals surface area contributed by atoms with Crippen LogP contribution in [0.3, 0.4) is 0 Å². The van der Waals surface area contributed by atoms with Crippen molar-refractivity contribution in [2.75, 3.05) is 26.4 Å². The van der Waals surface area contributed by atoms with Crippen molar-refractivity contribution in [2.24, 2.45) is 0 Å². The number of ether oxygens (including phenoxy) is 4. The molecule has 0 aromatic heterocycles. The third kappa shape index (κ3) is 34.6. The molecule has 2 aromatic rings. The van der Waals surface area contributed by atoms with Gasteiger partial charge in [-0.05, 0) is 49.9 Å². The minimum atomic E-state index is -4.57. The topological polar surface area (TPSA) is 220 Å². The third-order valence-corrected chi connectivity index (χ3v) is 15.3. The predicted octanol–water partition coefficient (Wildman–Crippen LogP) is 13.2. The molecule has 0 radical (unpaired) electrons. The van der Waals surface area contributed by atoms with Gasteiger partial charge in [0.05, 0.1) is 46.0 Å². The van der Waals surface area contributed by atoms with Gasteiger partial charge < -0.3 is 28.1 Å². The zero-order valence-electron chi connectivity index (χ0n) is 45.1. The standard InChI is InChI=1S/2C28H46O7S.Ca/c2*1-3-5-6-7-8-9-10-11-12-13-14-15-16-19-22-34-27(29)25-20-17-18-21-26(25)28(30)35-23-24(4-2)36(31,32)33;/h2*17-18,20-21,24H,3-16,19,22-23H2,1-2H3,(H,31,32,33);/q;;+2/p-2. The second-order valence-corrected chi connectivity index (χ2v) is 22.1. The fourth-order valence-corrected chi connectivity index (χ4v) is 9.35. The fourth-order valence-electron chi connectivity index (χ4n) is 8.06. The van der Waals surface area contributed by atoms with Crippen LogP contribution in [0.4, 0.5) is 0 Å². The first-order chi connectivity index (χ1) is 34.6. The quantitative estimate of drug-likeness (QED) is 0.0198. The summed E-state index contributed by atoms with van der Waals surface area (Å²) in [6.07, 6.45) is 34.8. The number of unbranched alkanes of at least 4 members (excludes halogenated alkanes) is 26. The van der Waals surface area contributed by atoms with Gasteiger partial charge in [0.25, 0.3) is 0 Å². The van der Waals surface area contributed by atoms with Crippen molar-refractivity contribution in [2.45, 2.75) is 231 Å².